The number of hydrogen-bond acceptors (Lipinski definition) is 2. The molecule has 0 spiro atoms. The van der Waals surface area contributed by atoms with E-state index in [1.165, 1.54) is 6.42 Å². The van der Waals surface area contributed by atoms with Crippen LogP contribution in [0.5, 0.6) is 0 Å². The molecular formula is C19H29N3O2. The van der Waals surface area contributed by atoms with Gasteiger partial charge in [-0.2, -0.15) is 0 Å². The van der Waals surface area contributed by atoms with Crippen molar-refractivity contribution in [3.05, 3.63) is 29.8 Å². The van der Waals surface area contributed by atoms with Crippen molar-refractivity contribution in [2.24, 2.45) is 5.92 Å². The minimum Gasteiger partial charge on any atom is -0.347 e. The van der Waals surface area contributed by atoms with Gasteiger partial charge in [-0.05, 0) is 51.7 Å². The van der Waals surface area contributed by atoms with Crippen LogP contribution in [0.3, 0.4) is 0 Å². The average molecular weight is 331 g/mol. The van der Waals surface area contributed by atoms with Crippen molar-refractivity contribution in [1.82, 2.24) is 10.6 Å². The van der Waals surface area contributed by atoms with Crippen LogP contribution in [-0.2, 0) is 0 Å². The standard InChI is InChI=1S/C19H29N3O2/c1-13-9-5-7-11-15(13)20-18(24)21-16-12-8-6-10-14(16)17(23)22-19(2,3)4/h6,8,10,12-13,15H,5,7,9,11H2,1-4H3,(H,22,23)(H2,20,21,24). The number of urea groups is 1. The Kier molecular flexibility index (Phi) is 5.86. The van der Waals surface area contributed by atoms with E-state index in [4.69, 9.17) is 0 Å². The molecule has 1 aromatic rings. The molecule has 1 aliphatic carbocycles. The Labute approximate surface area is 144 Å². The van der Waals surface area contributed by atoms with Crippen LogP contribution in [0.4, 0.5) is 10.5 Å². The summed E-state index contributed by atoms with van der Waals surface area (Å²) in [5, 5.41) is 8.81. The van der Waals surface area contributed by atoms with E-state index in [1.807, 2.05) is 26.8 Å². The van der Waals surface area contributed by atoms with Gasteiger partial charge in [0.05, 0.1) is 11.3 Å². The normalized spacial score (nSPS) is 21.0. The molecule has 0 bridgehead atoms. The van der Waals surface area contributed by atoms with Gasteiger partial charge in [0.2, 0.25) is 0 Å². The molecule has 0 aliphatic heterocycles. The lowest BCUT2D eigenvalue weighted by atomic mass is 9.86. The molecule has 0 aromatic heterocycles. The van der Waals surface area contributed by atoms with Crippen molar-refractivity contribution in [2.45, 2.75) is 65.0 Å². The second-order valence-corrected chi connectivity index (χ2v) is 7.72. The molecule has 24 heavy (non-hydrogen) atoms. The van der Waals surface area contributed by atoms with Gasteiger partial charge in [0, 0.05) is 11.6 Å². The topological polar surface area (TPSA) is 70.2 Å². The number of hydrogen-bond donors (Lipinski definition) is 3. The molecule has 1 aliphatic rings. The van der Waals surface area contributed by atoms with Gasteiger partial charge in [-0.3, -0.25) is 4.79 Å². The molecule has 2 atom stereocenters. The summed E-state index contributed by atoms with van der Waals surface area (Å²) in [6.07, 6.45) is 4.55. The van der Waals surface area contributed by atoms with Gasteiger partial charge in [0.15, 0.2) is 0 Å². The predicted molar refractivity (Wildman–Crippen MR) is 97.2 cm³/mol. The van der Waals surface area contributed by atoms with Crippen LogP contribution < -0.4 is 16.0 Å². The van der Waals surface area contributed by atoms with Gasteiger partial charge in [-0.15, -0.1) is 0 Å². The van der Waals surface area contributed by atoms with Crippen molar-refractivity contribution in [3.63, 3.8) is 0 Å². The first-order chi connectivity index (χ1) is 11.3. The van der Waals surface area contributed by atoms with E-state index in [-0.39, 0.29) is 23.5 Å². The van der Waals surface area contributed by atoms with Crippen LogP contribution in [-0.4, -0.2) is 23.5 Å². The Morgan fingerprint density at radius 1 is 1.08 bits per heavy atom. The minimum absolute atomic E-state index is 0.190. The molecule has 1 saturated carbocycles. The summed E-state index contributed by atoms with van der Waals surface area (Å²) in [4.78, 5) is 24.8. The van der Waals surface area contributed by atoms with E-state index in [0.717, 1.165) is 19.3 Å². The first kappa shape index (κ1) is 18.3. The predicted octanol–water partition coefficient (Wildman–Crippen LogP) is 3.92. The van der Waals surface area contributed by atoms with E-state index < -0.39 is 0 Å². The maximum Gasteiger partial charge on any atom is 0.319 e. The molecular weight excluding hydrogens is 302 g/mol. The third-order valence-electron chi connectivity index (χ3n) is 4.34. The molecule has 5 nitrogen and oxygen atoms in total. The van der Waals surface area contributed by atoms with E-state index in [1.54, 1.807) is 18.2 Å². The van der Waals surface area contributed by atoms with Crippen LogP contribution in [0.2, 0.25) is 0 Å². The van der Waals surface area contributed by atoms with Crippen LogP contribution in [0.1, 0.15) is 63.7 Å². The van der Waals surface area contributed by atoms with Crippen molar-refractivity contribution in [2.75, 3.05) is 5.32 Å². The maximum atomic E-state index is 12.4. The zero-order valence-electron chi connectivity index (χ0n) is 15.1. The number of para-hydroxylation sites is 1. The number of rotatable bonds is 3. The molecule has 3 amide bonds. The summed E-state index contributed by atoms with van der Waals surface area (Å²) in [5.41, 5.74) is 0.670. The van der Waals surface area contributed by atoms with Gasteiger partial charge in [-0.25, -0.2) is 4.79 Å². The molecule has 0 heterocycles. The zero-order valence-corrected chi connectivity index (χ0v) is 15.1. The van der Waals surface area contributed by atoms with Crippen LogP contribution in [0, 0.1) is 5.92 Å². The quantitative estimate of drug-likeness (QED) is 0.786. The number of benzene rings is 1. The second-order valence-electron chi connectivity index (χ2n) is 7.72. The highest BCUT2D eigenvalue weighted by Gasteiger charge is 2.23. The van der Waals surface area contributed by atoms with Crippen molar-refractivity contribution >= 4 is 17.6 Å². The third-order valence-corrected chi connectivity index (χ3v) is 4.34. The van der Waals surface area contributed by atoms with Crippen LogP contribution in [0.25, 0.3) is 0 Å². The van der Waals surface area contributed by atoms with E-state index in [2.05, 4.69) is 22.9 Å². The van der Waals surface area contributed by atoms with Crippen LogP contribution >= 0.6 is 0 Å². The smallest absolute Gasteiger partial charge is 0.319 e. The number of nitrogens with one attached hydrogen (secondary N) is 3. The van der Waals surface area contributed by atoms with Gasteiger partial charge in [-0.1, -0.05) is 31.9 Å². The minimum atomic E-state index is -0.329. The number of amides is 3. The fourth-order valence-corrected chi connectivity index (χ4v) is 3.06. The van der Waals surface area contributed by atoms with Gasteiger partial charge in [0.1, 0.15) is 0 Å². The Balaban J connectivity index is 2.04. The fraction of sp³-hybridized carbons (Fsp3) is 0.579. The van der Waals surface area contributed by atoms with Crippen LogP contribution in [0.15, 0.2) is 24.3 Å². The van der Waals surface area contributed by atoms with E-state index in [9.17, 15) is 9.59 Å². The molecule has 0 radical (unpaired) electrons. The van der Waals surface area contributed by atoms with E-state index >= 15 is 0 Å². The second kappa shape index (κ2) is 7.69. The van der Waals surface area contributed by atoms with Gasteiger partial charge in [0.25, 0.3) is 5.91 Å². The summed E-state index contributed by atoms with van der Waals surface area (Å²) in [7, 11) is 0. The molecule has 5 heteroatoms. The Morgan fingerprint density at radius 2 is 1.75 bits per heavy atom. The molecule has 2 unspecified atom stereocenters. The summed E-state index contributed by atoms with van der Waals surface area (Å²) >= 11 is 0. The molecule has 132 valence electrons. The number of anilines is 1. The summed E-state index contributed by atoms with van der Waals surface area (Å²) < 4.78 is 0. The largest absolute Gasteiger partial charge is 0.347 e. The molecule has 2 rings (SSSR count). The number of carbonyl (C=O) groups is 2. The first-order valence-electron chi connectivity index (χ1n) is 8.75. The Hall–Kier alpha value is -2.04. The maximum absolute atomic E-state index is 12.4. The summed E-state index contributed by atoms with van der Waals surface area (Å²) in [5.74, 6) is 0.299. The lowest BCUT2D eigenvalue weighted by molar-refractivity contribution is 0.0920. The molecule has 1 fully saturated rings. The Morgan fingerprint density at radius 3 is 2.42 bits per heavy atom. The fourth-order valence-electron chi connectivity index (χ4n) is 3.06. The lowest BCUT2D eigenvalue weighted by Crippen LogP contribution is -2.44. The first-order valence-corrected chi connectivity index (χ1v) is 8.75. The van der Waals surface area contributed by atoms with E-state index in [0.29, 0.717) is 17.2 Å². The van der Waals surface area contributed by atoms with Crippen molar-refractivity contribution in [1.29, 1.82) is 0 Å². The van der Waals surface area contributed by atoms with Gasteiger partial charge >= 0.3 is 6.03 Å². The van der Waals surface area contributed by atoms with Crippen molar-refractivity contribution < 1.29 is 9.59 Å². The molecule has 0 saturated heterocycles. The van der Waals surface area contributed by atoms with Crippen molar-refractivity contribution in [3.8, 4) is 0 Å². The monoisotopic (exact) mass is 331 g/mol. The highest BCUT2D eigenvalue weighted by Crippen LogP contribution is 2.24. The summed E-state index contributed by atoms with van der Waals surface area (Å²) in [6, 6.07) is 7.04. The summed E-state index contributed by atoms with van der Waals surface area (Å²) in [6.45, 7) is 7.96. The SMILES string of the molecule is CC1CCCCC1NC(=O)Nc1ccccc1C(=O)NC(C)(C)C. The Bertz CT molecular complexity index is 593. The van der Waals surface area contributed by atoms with Gasteiger partial charge < -0.3 is 16.0 Å². The lowest BCUT2D eigenvalue weighted by Gasteiger charge is -2.29. The third kappa shape index (κ3) is 5.25. The molecule has 1 aromatic carbocycles. The zero-order chi connectivity index (χ0) is 17.7. The average Bonchev–Trinajstić information content (AvgIpc) is 2.48. The highest BCUT2D eigenvalue weighted by atomic mass is 16.2. The highest BCUT2D eigenvalue weighted by molar-refractivity contribution is 6.03. The molecule has 3 N–H and O–H groups in total. The number of carbonyl (C=O) groups excluding carboxylic acids is 2.